The SMILES string of the molecule is COc1c(NCC(=O)Nc2ccccc2Cl)cc(C)cc1S(=O)(=O)c1ccc(C)cc1. The molecule has 3 aromatic carbocycles. The Balaban J connectivity index is 1.88. The van der Waals surface area contributed by atoms with Crippen molar-refractivity contribution in [3.8, 4) is 5.75 Å². The Kier molecular flexibility index (Phi) is 6.87. The molecule has 6 nitrogen and oxygen atoms in total. The van der Waals surface area contributed by atoms with Crippen molar-refractivity contribution in [3.63, 3.8) is 0 Å². The Morgan fingerprint density at radius 1 is 0.968 bits per heavy atom. The van der Waals surface area contributed by atoms with Gasteiger partial charge in [0, 0.05) is 0 Å². The number of benzene rings is 3. The van der Waals surface area contributed by atoms with Crippen LogP contribution in [0.15, 0.2) is 70.5 Å². The zero-order chi connectivity index (χ0) is 22.6. The van der Waals surface area contributed by atoms with E-state index in [2.05, 4.69) is 10.6 Å². The number of sulfone groups is 1. The van der Waals surface area contributed by atoms with Crippen LogP contribution in [0.5, 0.6) is 5.75 Å². The summed E-state index contributed by atoms with van der Waals surface area (Å²) >= 11 is 6.07. The molecule has 0 unspecified atom stereocenters. The molecule has 0 atom stereocenters. The van der Waals surface area contributed by atoms with Gasteiger partial charge in [0.1, 0.15) is 4.90 Å². The van der Waals surface area contributed by atoms with E-state index >= 15 is 0 Å². The first-order valence-electron chi connectivity index (χ1n) is 9.51. The zero-order valence-electron chi connectivity index (χ0n) is 17.4. The van der Waals surface area contributed by atoms with E-state index in [1.165, 1.54) is 7.11 Å². The average Bonchev–Trinajstić information content (AvgIpc) is 2.74. The van der Waals surface area contributed by atoms with Crippen LogP contribution in [0, 0.1) is 13.8 Å². The molecule has 0 aliphatic carbocycles. The standard InChI is InChI=1S/C23H23ClN2O4S/c1-15-8-10-17(11-9-15)31(28,29)21-13-16(2)12-20(23(21)30-3)25-14-22(27)26-19-7-5-4-6-18(19)24/h4-13,25H,14H2,1-3H3,(H,26,27). The molecule has 0 aliphatic rings. The van der Waals surface area contributed by atoms with Gasteiger partial charge in [0.05, 0.1) is 34.9 Å². The fraction of sp³-hybridized carbons (Fsp3) is 0.174. The minimum atomic E-state index is -3.82. The molecule has 0 radical (unpaired) electrons. The van der Waals surface area contributed by atoms with Gasteiger partial charge in [-0.1, -0.05) is 41.4 Å². The van der Waals surface area contributed by atoms with Gasteiger partial charge in [0.25, 0.3) is 0 Å². The normalized spacial score (nSPS) is 11.1. The summed E-state index contributed by atoms with van der Waals surface area (Å²) in [5.41, 5.74) is 2.57. The summed E-state index contributed by atoms with van der Waals surface area (Å²) in [5, 5.41) is 6.12. The van der Waals surface area contributed by atoms with Crippen LogP contribution in [-0.4, -0.2) is 28.0 Å². The number of carbonyl (C=O) groups is 1. The number of methoxy groups -OCH3 is 1. The van der Waals surface area contributed by atoms with E-state index in [4.69, 9.17) is 16.3 Å². The van der Waals surface area contributed by atoms with E-state index < -0.39 is 9.84 Å². The average molecular weight is 459 g/mol. The summed E-state index contributed by atoms with van der Waals surface area (Å²) in [5.74, 6) is -0.184. The van der Waals surface area contributed by atoms with Crippen LogP contribution in [-0.2, 0) is 14.6 Å². The zero-order valence-corrected chi connectivity index (χ0v) is 19.0. The van der Waals surface area contributed by atoms with Gasteiger partial charge in [-0.15, -0.1) is 0 Å². The summed E-state index contributed by atoms with van der Waals surface area (Å²) < 4.78 is 31.9. The van der Waals surface area contributed by atoms with Crippen molar-refractivity contribution in [2.45, 2.75) is 23.6 Å². The number of anilines is 2. The molecule has 0 spiro atoms. The molecular formula is C23H23ClN2O4S. The molecule has 1 amide bonds. The smallest absolute Gasteiger partial charge is 0.243 e. The van der Waals surface area contributed by atoms with Crippen LogP contribution in [0.3, 0.4) is 0 Å². The number of rotatable bonds is 7. The largest absolute Gasteiger partial charge is 0.493 e. The highest BCUT2D eigenvalue weighted by Gasteiger charge is 2.25. The number of hydrogen-bond acceptors (Lipinski definition) is 5. The Morgan fingerprint density at radius 2 is 1.65 bits per heavy atom. The maximum atomic E-state index is 13.2. The predicted molar refractivity (Wildman–Crippen MR) is 123 cm³/mol. The van der Waals surface area contributed by atoms with Crippen molar-refractivity contribution >= 4 is 38.7 Å². The highest BCUT2D eigenvalue weighted by Crippen LogP contribution is 2.37. The van der Waals surface area contributed by atoms with Crippen molar-refractivity contribution in [2.75, 3.05) is 24.3 Å². The number of hydrogen-bond donors (Lipinski definition) is 2. The lowest BCUT2D eigenvalue weighted by Crippen LogP contribution is -2.22. The van der Waals surface area contributed by atoms with Crippen LogP contribution >= 0.6 is 11.6 Å². The molecule has 0 aromatic heterocycles. The number of aryl methyl sites for hydroxylation is 2. The molecule has 3 rings (SSSR count). The lowest BCUT2D eigenvalue weighted by molar-refractivity contribution is -0.114. The number of para-hydroxylation sites is 1. The Labute approximate surface area is 187 Å². The van der Waals surface area contributed by atoms with Crippen molar-refractivity contribution < 1.29 is 17.9 Å². The van der Waals surface area contributed by atoms with Crippen molar-refractivity contribution in [2.24, 2.45) is 0 Å². The van der Waals surface area contributed by atoms with Crippen LogP contribution < -0.4 is 15.4 Å². The third-order valence-electron chi connectivity index (χ3n) is 4.61. The molecule has 2 N–H and O–H groups in total. The minimum Gasteiger partial charge on any atom is -0.493 e. The van der Waals surface area contributed by atoms with Gasteiger partial charge in [0.15, 0.2) is 5.75 Å². The Bertz CT molecular complexity index is 1210. The molecule has 31 heavy (non-hydrogen) atoms. The molecule has 0 saturated carbocycles. The van der Waals surface area contributed by atoms with E-state index in [0.717, 1.165) is 5.56 Å². The third-order valence-corrected chi connectivity index (χ3v) is 6.72. The quantitative estimate of drug-likeness (QED) is 0.528. The molecule has 0 fully saturated rings. The molecule has 162 valence electrons. The molecule has 0 saturated heterocycles. The van der Waals surface area contributed by atoms with Gasteiger partial charge in [0.2, 0.25) is 15.7 Å². The van der Waals surface area contributed by atoms with E-state index in [1.807, 2.05) is 6.92 Å². The van der Waals surface area contributed by atoms with Crippen molar-refractivity contribution in [1.82, 2.24) is 0 Å². The number of nitrogens with one attached hydrogen (secondary N) is 2. The second kappa shape index (κ2) is 9.41. The number of carbonyl (C=O) groups excluding carboxylic acids is 1. The van der Waals surface area contributed by atoms with Crippen molar-refractivity contribution in [3.05, 3.63) is 76.8 Å². The topological polar surface area (TPSA) is 84.5 Å². The monoisotopic (exact) mass is 458 g/mol. The number of halogens is 1. The fourth-order valence-corrected chi connectivity index (χ4v) is 4.77. The fourth-order valence-electron chi connectivity index (χ4n) is 3.06. The van der Waals surface area contributed by atoms with Gasteiger partial charge in [-0.05, 0) is 55.8 Å². The molecule has 0 bridgehead atoms. The van der Waals surface area contributed by atoms with Crippen molar-refractivity contribution in [1.29, 1.82) is 0 Å². The summed E-state index contributed by atoms with van der Waals surface area (Å²) in [7, 11) is -2.42. The molecule has 3 aromatic rings. The van der Waals surface area contributed by atoms with Crippen LogP contribution in [0.2, 0.25) is 5.02 Å². The minimum absolute atomic E-state index is 0.0351. The van der Waals surface area contributed by atoms with Gasteiger partial charge in [-0.3, -0.25) is 4.79 Å². The molecular weight excluding hydrogens is 436 g/mol. The van der Waals surface area contributed by atoms with Gasteiger partial charge < -0.3 is 15.4 Å². The summed E-state index contributed by atoms with van der Waals surface area (Å²) in [4.78, 5) is 12.6. The lowest BCUT2D eigenvalue weighted by Gasteiger charge is -2.17. The summed E-state index contributed by atoms with van der Waals surface area (Å²) in [6.07, 6.45) is 0. The lowest BCUT2D eigenvalue weighted by atomic mass is 10.2. The Hall–Kier alpha value is -3.03. The summed E-state index contributed by atoms with van der Waals surface area (Å²) in [6, 6.07) is 16.8. The highest BCUT2D eigenvalue weighted by atomic mass is 35.5. The first kappa shape index (κ1) is 22.7. The third kappa shape index (κ3) is 5.18. The second-order valence-electron chi connectivity index (χ2n) is 7.04. The highest BCUT2D eigenvalue weighted by molar-refractivity contribution is 7.91. The molecule has 8 heteroatoms. The maximum absolute atomic E-state index is 13.2. The van der Waals surface area contributed by atoms with E-state index in [0.29, 0.717) is 22.0 Å². The first-order valence-corrected chi connectivity index (χ1v) is 11.4. The maximum Gasteiger partial charge on any atom is 0.243 e. The van der Waals surface area contributed by atoms with Gasteiger partial charge >= 0.3 is 0 Å². The Morgan fingerprint density at radius 3 is 2.29 bits per heavy atom. The van der Waals surface area contributed by atoms with Gasteiger partial charge in [-0.2, -0.15) is 0 Å². The van der Waals surface area contributed by atoms with E-state index in [9.17, 15) is 13.2 Å². The number of ether oxygens (including phenoxy) is 1. The van der Waals surface area contributed by atoms with E-state index in [-0.39, 0.29) is 28.0 Å². The number of amides is 1. The second-order valence-corrected chi connectivity index (χ2v) is 9.37. The van der Waals surface area contributed by atoms with E-state index in [1.54, 1.807) is 67.6 Å². The van der Waals surface area contributed by atoms with Crippen LogP contribution in [0.1, 0.15) is 11.1 Å². The molecule has 0 heterocycles. The van der Waals surface area contributed by atoms with Crippen LogP contribution in [0.25, 0.3) is 0 Å². The van der Waals surface area contributed by atoms with Gasteiger partial charge in [-0.25, -0.2) is 8.42 Å². The molecule has 0 aliphatic heterocycles. The summed E-state index contributed by atoms with van der Waals surface area (Å²) in [6.45, 7) is 3.57. The first-order chi connectivity index (χ1) is 14.7. The predicted octanol–water partition coefficient (Wildman–Crippen LogP) is 4.85. The van der Waals surface area contributed by atoms with Crippen LogP contribution in [0.4, 0.5) is 11.4 Å².